The number of nitrogens with zero attached hydrogens (tertiary/aromatic N) is 3. The molecule has 7 nitrogen and oxygen atoms in total. The van der Waals surface area contributed by atoms with Crippen molar-refractivity contribution in [1.82, 2.24) is 20.1 Å². The van der Waals surface area contributed by atoms with Gasteiger partial charge in [0.1, 0.15) is 0 Å². The second-order valence-corrected chi connectivity index (χ2v) is 6.91. The lowest BCUT2D eigenvalue weighted by Gasteiger charge is -2.17. The maximum atomic E-state index is 12.5. The van der Waals surface area contributed by atoms with E-state index in [9.17, 15) is 9.59 Å². The Labute approximate surface area is 166 Å². The summed E-state index contributed by atoms with van der Waals surface area (Å²) >= 11 is 5.85. The number of rotatable bonds is 4. The van der Waals surface area contributed by atoms with E-state index in [1.807, 2.05) is 30.3 Å². The van der Waals surface area contributed by atoms with Gasteiger partial charge in [-0.05, 0) is 29.8 Å². The van der Waals surface area contributed by atoms with Crippen molar-refractivity contribution in [2.75, 3.05) is 5.43 Å². The van der Waals surface area contributed by atoms with Gasteiger partial charge in [0, 0.05) is 22.7 Å². The van der Waals surface area contributed by atoms with Gasteiger partial charge >= 0.3 is 6.03 Å². The second kappa shape index (κ2) is 7.74. The summed E-state index contributed by atoms with van der Waals surface area (Å²) in [5, 5.41) is 7.69. The van der Waals surface area contributed by atoms with Crippen molar-refractivity contribution in [2.24, 2.45) is 0 Å². The molecule has 0 bridgehead atoms. The van der Waals surface area contributed by atoms with Crippen LogP contribution < -0.4 is 10.7 Å². The number of benzene rings is 2. The smallest absolute Gasteiger partial charge is 0.318 e. The third kappa shape index (κ3) is 3.84. The molecule has 0 atom stereocenters. The molecule has 1 aromatic heterocycles. The molecule has 3 amide bonds. The van der Waals surface area contributed by atoms with Gasteiger partial charge in [-0.15, -0.1) is 0 Å². The molecule has 0 saturated carbocycles. The van der Waals surface area contributed by atoms with Crippen molar-refractivity contribution in [3.8, 4) is 0 Å². The molecule has 1 aliphatic heterocycles. The molecular formula is C20H18ClN5O2. The first kappa shape index (κ1) is 18.1. The van der Waals surface area contributed by atoms with Crippen LogP contribution in [0.15, 0.2) is 60.8 Å². The van der Waals surface area contributed by atoms with E-state index < -0.39 is 0 Å². The number of amides is 3. The Morgan fingerprint density at radius 2 is 1.79 bits per heavy atom. The Kier molecular flexibility index (Phi) is 4.99. The number of hydrogen-bond acceptors (Lipinski definition) is 3. The first-order valence-corrected chi connectivity index (χ1v) is 9.17. The van der Waals surface area contributed by atoms with Crippen molar-refractivity contribution < 1.29 is 9.59 Å². The fourth-order valence-corrected chi connectivity index (χ4v) is 3.16. The lowest BCUT2D eigenvalue weighted by atomic mass is 10.2. The fraction of sp³-hybridized carbons (Fsp3) is 0.150. The van der Waals surface area contributed by atoms with Crippen LogP contribution in [0.2, 0.25) is 5.02 Å². The van der Waals surface area contributed by atoms with Gasteiger partial charge in [-0.1, -0.05) is 41.9 Å². The number of aromatic nitrogens is 2. The molecule has 0 spiro atoms. The van der Waals surface area contributed by atoms with E-state index in [-0.39, 0.29) is 11.9 Å². The third-order valence-corrected chi connectivity index (χ3v) is 4.80. The minimum absolute atomic E-state index is 0.157. The number of carbonyl (C=O) groups is 2. The summed E-state index contributed by atoms with van der Waals surface area (Å²) in [6.45, 7) is 1.29. The summed E-state index contributed by atoms with van der Waals surface area (Å²) in [5.74, 6) is -0.297. The first-order chi connectivity index (χ1) is 13.6. The molecule has 4 rings (SSSR count). The molecule has 1 aliphatic rings. The molecule has 8 heteroatoms. The van der Waals surface area contributed by atoms with E-state index >= 15 is 0 Å². The van der Waals surface area contributed by atoms with E-state index in [0.29, 0.717) is 30.2 Å². The lowest BCUT2D eigenvalue weighted by molar-refractivity contribution is 0.100. The standard InChI is InChI=1S/C20H18ClN5O2/c21-17-8-6-15(7-9-17)19(27)24-26-18-13-25(12-16(18)11-23-26)20(28)22-10-14-4-2-1-3-5-14/h1-9,11H,10,12-13H2,(H,22,28)(H,24,27). The van der Waals surface area contributed by atoms with Crippen molar-refractivity contribution >= 4 is 23.5 Å². The molecule has 0 radical (unpaired) electrons. The molecule has 2 N–H and O–H groups in total. The van der Waals surface area contributed by atoms with Gasteiger partial charge in [0.05, 0.1) is 25.0 Å². The highest BCUT2D eigenvalue weighted by molar-refractivity contribution is 6.30. The maximum absolute atomic E-state index is 12.5. The predicted molar refractivity (Wildman–Crippen MR) is 105 cm³/mol. The van der Waals surface area contributed by atoms with Crippen LogP contribution in [0.3, 0.4) is 0 Å². The zero-order valence-electron chi connectivity index (χ0n) is 14.9. The van der Waals surface area contributed by atoms with Gasteiger partial charge in [-0.3, -0.25) is 4.79 Å². The number of fused-ring (bicyclic) bond motifs is 1. The number of hydrogen-bond donors (Lipinski definition) is 2. The quantitative estimate of drug-likeness (QED) is 0.712. The Balaban J connectivity index is 1.38. The van der Waals surface area contributed by atoms with Gasteiger partial charge in [0.15, 0.2) is 0 Å². The van der Waals surface area contributed by atoms with E-state index in [1.165, 1.54) is 4.79 Å². The van der Waals surface area contributed by atoms with Gasteiger partial charge in [0.2, 0.25) is 0 Å². The van der Waals surface area contributed by atoms with Crippen molar-refractivity contribution in [3.63, 3.8) is 0 Å². The summed E-state index contributed by atoms with van der Waals surface area (Å²) in [6.07, 6.45) is 1.67. The average molecular weight is 396 g/mol. The van der Waals surface area contributed by atoms with Crippen LogP contribution in [0, 0.1) is 0 Å². The van der Waals surface area contributed by atoms with Crippen LogP contribution in [-0.2, 0) is 19.6 Å². The van der Waals surface area contributed by atoms with Crippen molar-refractivity contribution in [3.05, 3.63) is 88.2 Å². The molecule has 0 aliphatic carbocycles. The predicted octanol–water partition coefficient (Wildman–Crippen LogP) is 3.15. The topological polar surface area (TPSA) is 79.3 Å². The number of urea groups is 1. The maximum Gasteiger partial charge on any atom is 0.318 e. The second-order valence-electron chi connectivity index (χ2n) is 6.48. The van der Waals surface area contributed by atoms with E-state index in [0.717, 1.165) is 16.8 Å². The summed E-state index contributed by atoms with van der Waals surface area (Å²) < 4.78 is 0. The molecular weight excluding hydrogens is 378 g/mol. The summed E-state index contributed by atoms with van der Waals surface area (Å²) in [4.78, 5) is 28.0. The monoisotopic (exact) mass is 395 g/mol. The third-order valence-electron chi connectivity index (χ3n) is 4.54. The first-order valence-electron chi connectivity index (χ1n) is 8.79. The summed E-state index contributed by atoms with van der Waals surface area (Å²) in [6, 6.07) is 16.2. The molecule has 0 fully saturated rings. The molecule has 2 heterocycles. The molecule has 142 valence electrons. The van der Waals surface area contributed by atoms with Crippen molar-refractivity contribution in [2.45, 2.75) is 19.6 Å². The zero-order chi connectivity index (χ0) is 19.5. The Morgan fingerprint density at radius 1 is 1.04 bits per heavy atom. The van der Waals surface area contributed by atoms with Gasteiger partial charge in [0.25, 0.3) is 5.91 Å². The van der Waals surface area contributed by atoms with E-state index in [2.05, 4.69) is 15.8 Å². The molecule has 28 heavy (non-hydrogen) atoms. The highest BCUT2D eigenvalue weighted by atomic mass is 35.5. The van der Waals surface area contributed by atoms with Gasteiger partial charge in [-0.2, -0.15) is 9.89 Å². The van der Waals surface area contributed by atoms with Gasteiger partial charge < -0.3 is 10.2 Å². The van der Waals surface area contributed by atoms with Crippen LogP contribution in [-0.4, -0.2) is 26.7 Å². The summed E-state index contributed by atoms with van der Waals surface area (Å²) in [7, 11) is 0. The molecule has 0 saturated heterocycles. The van der Waals surface area contributed by atoms with Crippen LogP contribution >= 0.6 is 11.6 Å². The largest absolute Gasteiger partial charge is 0.334 e. The SMILES string of the molecule is O=C(Nn1ncc2c1CN(C(=O)NCc1ccccc1)C2)c1ccc(Cl)cc1. The number of halogens is 1. The number of carbonyl (C=O) groups excluding carboxylic acids is 2. The van der Waals surface area contributed by atoms with Gasteiger partial charge in [-0.25, -0.2) is 10.2 Å². The highest BCUT2D eigenvalue weighted by Crippen LogP contribution is 2.22. The van der Waals surface area contributed by atoms with Crippen LogP contribution in [0.1, 0.15) is 27.2 Å². The summed E-state index contributed by atoms with van der Waals surface area (Å²) in [5.41, 5.74) is 5.95. The Morgan fingerprint density at radius 3 is 2.54 bits per heavy atom. The molecule has 0 unspecified atom stereocenters. The van der Waals surface area contributed by atoms with E-state index in [1.54, 1.807) is 35.4 Å². The fourth-order valence-electron chi connectivity index (χ4n) is 3.04. The van der Waals surface area contributed by atoms with Crippen molar-refractivity contribution in [1.29, 1.82) is 0 Å². The molecule has 2 aromatic carbocycles. The van der Waals surface area contributed by atoms with Crippen LogP contribution in [0.5, 0.6) is 0 Å². The molecule has 3 aromatic rings. The average Bonchev–Trinajstić information content (AvgIpc) is 3.29. The van der Waals surface area contributed by atoms with Crippen LogP contribution in [0.25, 0.3) is 0 Å². The Hall–Kier alpha value is -3.32. The minimum atomic E-state index is -0.297. The zero-order valence-corrected chi connectivity index (χ0v) is 15.7. The van der Waals surface area contributed by atoms with Crippen LogP contribution in [0.4, 0.5) is 4.79 Å². The minimum Gasteiger partial charge on any atom is -0.334 e. The highest BCUT2D eigenvalue weighted by Gasteiger charge is 2.27. The van der Waals surface area contributed by atoms with E-state index in [4.69, 9.17) is 11.6 Å². The Bertz CT molecular complexity index is 1000. The normalized spacial score (nSPS) is 12.5. The number of nitrogens with one attached hydrogen (secondary N) is 2. The lowest BCUT2D eigenvalue weighted by Crippen LogP contribution is -2.36.